The quantitative estimate of drug-likeness (QED) is 0.486. The zero-order valence-electron chi connectivity index (χ0n) is 19.5. The number of hydrogen-bond donors (Lipinski definition) is 4. The van der Waals surface area contributed by atoms with E-state index in [1.165, 1.54) is 0 Å². The average Bonchev–Trinajstić information content (AvgIpc) is 3.37. The highest BCUT2D eigenvalue weighted by atomic mass is 16.5. The first-order chi connectivity index (χ1) is 15.6. The monoisotopic (exact) mass is 453 g/mol. The van der Waals surface area contributed by atoms with Crippen LogP contribution >= 0.6 is 0 Å². The summed E-state index contributed by atoms with van der Waals surface area (Å²) in [5.41, 5.74) is 0.845. The lowest BCUT2D eigenvalue weighted by Crippen LogP contribution is -2.51. The molecular formula is C24H31N5O4. The molecule has 1 aliphatic rings. The molecule has 2 aromatic rings. The van der Waals surface area contributed by atoms with Gasteiger partial charge in [-0.3, -0.25) is 14.4 Å². The minimum atomic E-state index is -0.841. The van der Waals surface area contributed by atoms with Crippen LogP contribution in [-0.2, 0) is 9.59 Å². The van der Waals surface area contributed by atoms with Gasteiger partial charge >= 0.3 is 0 Å². The fourth-order valence-corrected chi connectivity index (χ4v) is 3.99. The summed E-state index contributed by atoms with van der Waals surface area (Å²) in [6.45, 7) is 6.49. The minimum absolute atomic E-state index is 0.0977. The molecule has 176 valence electrons. The maximum Gasteiger partial charge on any atom is 0.268 e. The highest BCUT2D eigenvalue weighted by molar-refractivity contribution is 6.00. The Labute approximate surface area is 193 Å². The van der Waals surface area contributed by atoms with Crippen LogP contribution in [0.25, 0.3) is 10.9 Å². The molecule has 3 rings (SSSR count). The molecule has 1 aromatic heterocycles. The van der Waals surface area contributed by atoms with E-state index in [1.54, 1.807) is 19.2 Å². The van der Waals surface area contributed by atoms with Gasteiger partial charge in [0.15, 0.2) is 0 Å². The van der Waals surface area contributed by atoms with Gasteiger partial charge in [-0.1, -0.05) is 20.8 Å². The molecule has 9 nitrogen and oxygen atoms in total. The number of carbonyl (C=O) groups excluding carboxylic acids is 3. The van der Waals surface area contributed by atoms with Gasteiger partial charge in [0.2, 0.25) is 11.8 Å². The van der Waals surface area contributed by atoms with Crippen molar-refractivity contribution in [2.24, 2.45) is 11.3 Å². The van der Waals surface area contributed by atoms with Gasteiger partial charge in [0, 0.05) is 23.4 Å². The number of aromatic nitrogens is 1. The van der Waals surface area contributed by atoms with Crippen molar-refractivity contribution in [2.45, 2.75) is 52.1 Å². The van der Waals surface area contributed by atoms with Crippen molar-refractivity contribution in [2.75, 3.05) is 13.7 Å². The first kappa shape index (κ1) is 24.1. The summed E-state index contributed by atoms with van der Waals surface area (Å²) in [4.78, 5) is 40.9. The van der Waals surface area contributed by atoms with E-state index < -0.39 is 23.9 Å². The maximum absolute atomic E-state index is 13.1. The molecule has 3 atom stereocenters. The van der Waals surface area contributed by atoms with E-state index in [1.807, 2.05) is 32.9 Å². The molecule has 0 unspecified atom stereocenters. The highest BCUT2D eigenvalue weighted by Crippen LogP contribution is 2.24. The molecule has 0 saturated carbocycles. The van der Waals surface area contributed by atoms with Gasteiger partial charge in [-0.25, -0.2) is 0 Å². The second-order valence-electron chi connectivity index (χ2n) is 9.63. The first-order valence-electron chi connectivity index (χ1n) is 11.0. The van der Waals surface area contributed by atoms with Gasteiger partial charge in [-0.15, -0.1) is 0 Å². The number of carbonyl (C=O) groups is 3. The molecule has 1 aliphatic heterocycles. The topological polar surface area (TPSA) is 136 Å². The van der Waals surface area contributed by atoms with Crippen molar-refractivity contribution >= 4 is 28.6 Å². The zero-order chi connectivity index (χ0) is 24.2. The van der Waals surface area contributed by atoms with E-state index in [-0.39, 0.29) is 23.7 Å². The Morgan fingerprint density at radius 1 is 1.27 bits per heavy atom. The smallest absolute Gasteiger partial charge is 0.268 e. The minimum Gasteiger partial charge on any atom is -0.497 e. The number of rotatable bonds is 8. The van der Waals surface area contributed by atoms with Crippen molar-refractivity contribution in [3.05, 3.63) is 30.0 Å². The van der Waals surface area contributed by atoms with Crippen LogP contribution in [0.4, 0.5) is 0 Å². The van der Waals surface area contributed by atoms with E-state index in [2.05, 4.69) is 27.0 Å². The van der Waals surface area contributed by atoms with E-state index >= 15 is 0 Å². The number of aromatic amines is 1. The van der Waals surface area contributed by atoms with Crippen LogP contribution in [0.5, 0.6) is 5.75 Å². The number of amides is 3. The Balaban J connectivity index is 1.73. The van der Waals surface area contributed by atoms with Crippen molar-refractivity contribution in [1.82, 2.24) is 20.9 Å². The maximum atomic E-state index is 13.1. The Hall–Kier alpha value is -3.54. The molecule has 4 N–H and O–H groups in total. The lowest BCUT2D eigenvalue weighted by atomic mass is 9.87. The third-order valence-corrected chi connectivity index (χ3v) is 5.67. The normalized spacial score (nSPS) is 17.7. The molecule has 1 aromatic carbocycles. The Morgan fingerprint density at radius 3 is 2.64 bits per heavy atom. The number of fused-ring (bicyclic) bond motifs is 1. The van der Waals surface area contributed by atoms with E-state index in [0.717, 1.165) is 10.9 Å². The highest BCUT2D eigenvalue weighted by Gasteiger charge is 2.31. The van der Waals surface area contributed by atoms with Gasteiger partial charge < -0.3 is 25.7 Å². The molecule has 9 heteroatoms. The van der Waals surface area contributed by atoms with Crippen molar-refractivity contribution in [1.29, 1.82) is 5.26 Å². The summed E-state index contributed by atoms with van der Waals surface area (Å²) in [5, 5.41) is 18.6. The zero-order valence-corrected chi connectivity index (χ0v) is 19.5. The summed E-state index contributed by atoms with van der Waals surface area (Å²) >= 11 is 0. The molecule has 3 amide bonds. The Bertz CT molecular complexity index is 1080. The number of methoxy groups -OCH3 is 1. The van der Waals surface area contributed by atoms with E-state index in [9.17, 15) is 19.6 Å². The lowest BCUT2D eigenvalue weighted by Gasteiger charge is -2.27. The second kappa shape index (κ2) is 9.94. The van der Waals surface area contributed by atoms with Gasteiger partial charge in [0.05, 0.1) is 13.2 Å². The molecule has 0 radical (unpaired) electrons. The Kier molecular flexibility index (Phi) is 7.26. The molecule has 1 fully saturated rings. The third-order valence-electron chi connectivity index (χ3n) is 5.67. The average molecular weight is 454 g/mol. The van der Waals surface area contributed by atoms with E-state index in [4.69, 9.17) is 4.74 Å². The molecule has 0 aliphatic carbocycles. The van der Waals surface area contributed by atoms with Crippen molar-refractivity contribution in [3.8, 4) is 11.8 Å². The summed E-state index contributed by atoms with van der Waals surface area (Å²) in [7, 11) is 1.57. The predicted molar refractivity (Wildman–Crippen MR) is 123 cm³/mol. The van der Waals surface area contributed by atoms with Gasteiger partial charge in [0.25, 0.3) is 5.91 Å². The number of nitrogens with zero attached hydrogens (tertiary/aromatic N) is 1. The number of ether oxygens (including phenoxy) is 1. The fraction of sp³-hybridized carbons (Fsp3) is 0.500. The lowest BCUT2D eigenvalue weighted by molar-refractivity contribution is -0.125. The molecule has 2 heterocycles. The number of H-pyrrole nitrogens is 1. The standard InChI is InChI=1S/C24H31N5O4/c1-24(2,3)12-20(23(32)27-16(13-25)9-14-7-8-26-21(14)30)29-22(31)19-11-15-10-17(33-4)5-6-18(15)28-19/h5-6,10-11,14,16,20,28H,7-9,12H2,1-4H3,(H,26,30)(H,27,32)(H,29,31)/t14-,16-,20-/m0/s1. The predicted octanol–water partition coefficient (Wildman–Crippen LogP) is 2.25. The van der Waals surface area contributed by atoms with Crippen molar-refractivity contribution in [3.63, 3.8) is 0 Å². The summed E-state index contributed by atoms with van der Waals surface area (Å²) < 4.78 is 5.23. The van der Waals surface area contributed by atoms with Crippen LogP contribution in [0.15, 0.2) is 24.3 Å². The molecule has 0 spiro atoms. The number of benzene rings is 1. The van der Waals surface area contributed by atoms with Crippen LogP contribution in [0, 0.1) is 22.7 Å². The van der Waals surface area contributed by atoms with Crippen LogP contribution < -0.4 is 20.7 Å². The largest absolute Gasteiger partial charge is 0.497 e. The number of nitrogens with one attached hydrogen (secondary N) is 4. The third kappa shape index (κ3) is 6.25. The summed E-state index contributed by atoms with van der Waals surface area (Å²) in [6.07, 6.45) is 1.26. The number of nitriles is 1. The van der Waals surface area contributed by atoms with Gasteiger partial charge in [-0.05, 0) is 48.9 Å². The summed E-state index contributed by atoms with van der Waals surface area (Å²) in [5.74, 6) is -0.579. The van der Waals surface area contributed by atoms with Crippen LogP contribution in [0.1, 0.15) is 50.5 Å². The van der Waals surface area contributed by atoms with Crippen LogP contribution in [0.2, 0.25) is 0 Å². The van der Waals surface area contributed by atoms with Crippen molar-refractivity contribution < 1.29 is 19.1 Å². The second-order valence-corrected chi connectivity index (χ2v) is 9.63. The van der Waals surface area contributed by atoms with E-state index in [0.29, 0.717) is 30.8 Å². The first-order valence-corrected chi connectivity index (χ1v) is 11.0. The van der Waals surface area contributed by atoms with Gasteiger partial charge in [0.1, 0.15) is 23.5 Å². The fourth-order valence-electron chi connectivity index (χ4n) is 3.99. The Morgan fingerprint density at radius 2 is 2.03 bits per heavy atom. The molecule has 1 saturated heterocycles. The SMILES string of the molecule is COc1ccc2[nH]c(C(=O)N[C@@H](CC(C)(C)C)C(=O)N[C@H](C#N)C[C@@H]3CCNC3=O)cc2c1. The van der Waals surface area contributed by atoms with Gasteiger partial charge in [-0.2, -0.15) is 5.26 Å². The summed E-state index contributed by atoms with van der Waals surface area (Å²) in [6, 6.07) is 7.55. The number of hydrogen-bond acceptors (Lipinski definition) is 5. The molecular weight excluding hydrogens is 422 g/mol. The van der Waals surface area contributed by atoms with Crippen LogP contribution in [-0.4, -0.2) is 48.4 Å². The van der Waals surface area contributed by atoms with Crippen LogP contribution in [0.3, 0.4) is 0 Å². The molecule has 0 bridgehead atoms. The molecule has 33 heavy (non-hydrogen) atoms.